The Labute approximate surface area is 201 Å². The van der Waals surface area contributed by atoms with Crippen molar-refractivity contribution in [1.29, 1.82) is 0 Å². The standard InChI is InChI=1S/C24H33N7OS/c1-18-15-19(2)27-22(26-18)28-23(29-24(33)25-16-21-9-6-14-32-21)31-12-10-30(11-13-31)17-20-7-4-3-5-8-20/h3-5,7-8,15,21H,6,9-14,16-17H2,1-2H3,(H2,25,26,27,28,29,33). The summed E-state index contributed by atoms with van der Waals surface area (Å²) in [5, 5.41) is 7.02. The second kappa shape index (κ2) is 11.5. The topological polar surface area (TPSA) is 77.9 Å². The Kier molecular flexibility index (Phi) is 8.20. The fourth-order valence-electron chi connectivity index (χ4n) is 4.16. The summed E-state index contributed by atoms with van der Waals surface area (Å²) in [6.45, 7) is 9.97. The zero-order chi connectivity index (χ0) is 23.0. The van der Waals surface area contributed by atoms with Crippen LogP contribution in [0, 0.1) is 13.8 Å². The first-order chi connectivity index (χ1) is 16.0. The Balaban J connectivity index is 1.42. The number of benzene rings is 1. The molecule has 1 aromatic heterocycles. The molecule has 2 aliphatic rings. The first-order valence-corrected chi connectivity index (χ1v) is 12.0. The van der Waals surface area contributed by atoms with E-state index in [1.165, 1.54) is 5.56 Å². The molecule has 1 unspecified atom stereocenters. The molecule has 0 aliphatic carbocycles. The van der Waals surface area contributed by atoms with Crippen molar-refractivity contribution in [3.05, 3.63) is 53.3 Å². The van der Waals surface area contributed by atoms with E-state index in [1.54, 1.807) is 0 Å². The molecule has 33 heavy (non-hydrogen) atoms. The number of rotatable bonds is 5. The average Bonchev–Trinajstić information content (AvgIpc) is 3.32. The predicted octanol–water partition coefficient (Wildman–Crippen LogP) is 2.73. The van der Waals surface area contributed by atoms with Crippen LogP contribution in [0.5, 0.6) is 0 Å². The van der Waals surface area contributed by atoms with Crippen LogP contribution in [0.2, 0.25) is 0 Å². The van der Waals surface area contributed by atoms with Crippen LogP contribution in [0.4, 0.5) is 5.95 Å². The summed E-state index contributed by atoms with van der Waals surface area (Å²) in [4.78, 5) is 18.5. The zero-order valence-corrected chi connectivity index (χ0v) is 20.3. The van der Waals surface area contributed by atoms with Crippen LogP contribution in [-0.2, 0) is 11.3 Å². The van der Waals surface area contributed by atoms with Crippen LogP contribution >= 0.6 is 12.2 Å². The van der Waals surface area contributed by atoms with Gasteiger partial charge in [-0.1, -0.05) is 30.3 Å². The minimum Gasteiger partial charge on any atom is -0.376 e. The number of hydrogen-bond acceptors (Lipinski definition) is 5. The number of aromatic nitrogens is 2. The van der Waals surface area contributed by atoms with Crippen molar-refractivity contribution in [2.45, 2.75) is 39.3 Å². The van der Waals surface area contributed by atoms with E-state index in [2.05, 4.69) is 60.7 Å². The third-order valence-electron chi connectivity index (χ3n) is 5.84. The quantitative estimate of drug-likeness (QED) is 0.395. The van der Waals surface area contributed by atoms with Crippen LogP contribution in [0.25, 0.3) is 0 Å². The zero-order valence-electron chi connectivity index (χ0n) is 19.5. The summed E-state index contributed by atoms with van der Waals surface area (Å²) in [6, 6.07) is 12.6. The molecule has 4 rings (SSSR count). The van der Waals surface area contributed by atoms with Crippen molar-refractivity contribution < 1.29 is 4.74 Å². The lowest BCUT2D eigenvalue weighted by Crippen LogP contribution is -2.50. The van der Waals surface area contributed by atoms with Gasteiger partial charge in [0, 0.05) is 57.3 Å². The highest BCUT2D eigenvalue weighted by molar-refractivity contribution is 7.80. The summed E-state index contributed by atoms with van der Waals surface area (Å²) in [7, 11) is 0. The Morgan fingerprint density at radius 1 is 1.12 bits per heavy atom. The number of nitrogens with one attached hydrogen (secondary N) is 2. The number of nitrogens with zero attached hydrogens (tertiary/aromatic N) is 5. The van der Waals surface area contributed by atoms with Gasteiger partial charge in [-0.05, 0) is 50.5 Å². The van der Waals surface area contributed by atoms with Crippen molar-refractivity contribution in [3.63, 3.8) is 0 Å². The molecule has 8 nitrogen and oxygen atoms in total. The number of anilines is 1. The van der Waals surface area contributed by atoms with Gasteiger partial charge >= 0.3 is 0 Å². The van der Waals surface area contributed by atoms with E-state index in [9.17, 15) is 0 Å². The van der Waals surface area contributed by atoms with E-state index in [4.69, 9.17) is 21.9 Å². The summed E-state index contributed by atoms with van der Waals surface area (Å²) in [5.74, 6) is 1.23. The maximum atomic E-state index is 5.69. The van der Waals surface area contributed by atoms with Crippen molar-refractivity contribution in [2.24, 2.45) is 4.99 Å². The molecule has 2 saturated heterocycles. The van der Waals surface area contributed by atoms with E-state index in [0.717, 1.165) is 63.6 Å². The Hall–Kier alpha value is -2.62. The molecular weight excluding hydrogens is 434 g/mol. The van der Waals surface area contributed by atoms with E-state index < -0.39 is 0 Å². The van der Waals surface area contributed by atoms with Crippen molar-refractivity contribution in [3.8, 4) is 0 Å². The van der Waals surface area contributed by atoms with Gasteiger partial charge in [0.2, 0.25) is 11.9 Å². The molecule has 0 bridgehead atoms. The average molecular weight is 468 g/mol. The maximum absolute atomic E-state index is 5.69. The lowest BCUT2D eigenvalue weighted by Gasteiger charge is -2.36. The number of guanidine groups is 1. The largest absolute Gasteiger partial charge is 0.376 e. The van der Waals surface area contributed by atoms with Gasteiger partial charge in [-0.2, -0.15) is 4.99 Å². The van der Waals surface area contributed by atoms with Gasteiger partial charge in [0.15, 0.2) is 5.11 Å². The highest BCUT2D eigenvalue weighted by atomic mass is 32.1. The third kappa shape index (κ3) is 7.18. The Morgan fingerprint density at radius 2 is 1.85 bits per heavy atom. The highest BCUT2D eigenvalue weighted by Gasteiger charge is 2.22. The minimum absolute atomic E-state index is 0.207. The molecule has 2 aromatic rings. The normalized spacial score (nSPS) is 19.5. The number of thiocarbonyl (C=S) groups is 1. The number of aliphatic imine (C=N–C) groups is 1. The number of ether oxygens (including phenoxy) is 1. The molecule has 0 saturated carbocycles. The summed E-state index contributed by atoms with van der Waals surface area (Å²) < 4.78 is 5.69. The van der Waals surface area contributed by atoms with Gasteiger partial charge in [-0.15, -0.1) is 0 Å². The van der Waals surface area contributed by atoms with E-state index >= 15 is 0 Å². The van der Waals surface area contributed by atoms with Crippen molar-refractivity contribution in [1.82, 2.24) is 25.1 Å². The van der Waals surface area contributed by atoms with E-state index in [1.807, 2.05) is 19.9 Å². The third-order valence-corrected chi connectivity index (χ3v) is 6.07. The van der Waals surface area contributed by atoms with Crippen LogP contribution in [0.15, 0.2) is 41.4 Å². The number of hydrogen-bond donors (Lipinski definition) is 2. The fourth-order valence-corrected chi connectivity index (χ4v) is 4.33. The molecule has 0 spiro atoms. The first-order valence-electron chi connectivity index (χ1n) is 11.6. The monoisotopic (exact) mass is 467 g/mol. The van der Waals surface area contributed by atoms with Gasteiger partial charge in [0.05, 0.1) is 6.10 Å². The second-order valence-electron chi connectivity index (χ2n) is 8.60. The summed E-state index contributed by atoms with van der Waals surface area (Å²) in [5.41, 5.74) is 3.16. The van der Waals surface area contributed by atoms with Crippen LogP contribution in [0.3, 0.4) is 0 Å². The minimum atomic E-state index is 0.207. The molecule has 176 valence electrons. The molecule has 2 aliphatic heterocycles. The summed E-state index contributed by atoms with van der Waals surface area (Å²) in [6.07, 6.45) is 2.37. The van der Waals surface area contributed by atoms with Crippen LogP contribution in [-0.4, -0.2) is 76.3 Å². The molecule has 0 amide bonds. The van der Waals surface area contributed by atoms with Gasteiger partial charge in [-0.25, -0.2) is 9.97 Å². The SMILES string of the molecule is Cc1cc(C)nc(N/C(=N/C(=S)NCC2CCCO2)N2CCN(Cc3ccccc3)CC2)n1. The molecule has 3 heterocycles. The number of piperazine rings is 1. The molecule has 0 radical (unpaired) electrons. The van der Waals surface area contributed by atoms with E-state index in [0.29, 0.717) is 23.6 Å². The molecular formula is C24H33N7OS. The fraction of sp³-hybridized carbons (Fsp3) is 0.500. The van der Waals surface area contributed by atoms with Gasteiger partial charge in [0.25, 0.3) is 0 Å². The smallest absolute Gasteiger partial charge is 0.229 e. The van der Waals surface area contributed by atoms with Crippen molar-refractivity contribution >= 4 is 29.2 Å². The Morgan fingerprint density at radius 3 is 2.52 bits per heavy atom. The van der Waals surface area contributed by atoms with Gasteiger partial charge in [0.1, 0.15) is 0 Å². The molecule has 9 heteroatoms. The van der Waals surface area contributed by atoms with Crippen molar-refractivity contribution in [2.75, 3.05) is 44.6 Å². The van der Waals surface area contributed by atoms with Gasteiger partial charge in [-0.3, -0.25) is 10.2 Å². The molecule has 1 atom stereocenters. The van der Waals surface area contributed by atoms with Gasteiger partial charge < -0.3 is 15.0 Å². The van der Waals surface area contributed by atoms with Crippen LogP contribution in [0.1, 0.15) is 29.8 Å². The summed E-state index contributed by atoms with van der Waals surface area (Å²) >= 11 is 5.54. The second-order valence-corrected chi connectivity index (χ2v) is 8.99. The lowest BCUT2D eigenvalue weighted by molar-refractivity contribution is 0.114. The highest BCUT2D eigenvalue weighted by Crippen LogP contribution is 2.12. The molecule has 2 fully saturated rings. The van der Waals surface area contributed by atoms with Crippen LogP contribution < -0.4 is 10.6 Å². The number of aryl methyl sites for hydroxylation is 2. The maximum Gasteiger partial charge on any atom is 0.229 e. The lowest BCUT2D eigenvalue weighted by atomic mass is 10.2. The predicted molar refractivity (Wildman–Crippen MR) is 135 cm³/mol. The molecule has 1 aromatic carbocycles. The molecule has 2 N–H and O–H groups in total. The first kappa shape index (κ1) is 23.5. The van der Waals surface area contributed by atoms with E-state index in [-0.39, 0.29) is 6.10 Å². The Bertz CT molecular complexity index is 934.